The van der Waals surface area contributed by atoms with E-state index in [0.29, 0.717) is 5.92 Å². The zero-order chi connectivity index (χ0) is 13.1. The molecule has 1 aromatic carbocycles. The zero-order valence-corrected chi connectivity index (χ0v) is 10.9. The fraction of sp³-hybridized carbons (Fsp3) is 0.400. The molecule has 0 atom stereocenters. The van der Waals surface area contributed by atoms with Crippen LogP contribution in [0.5, 0.6) is 0 Å². The normalized spacial score (nSPS) is 22.2. The molecular formula is C15H19N3O. The van der Waals surface area contributed by atoms with Crippen LogP contribution in [-0.4, -0.2) is 27.3 Å². The van der Waals surface area contributed by atoms with E-state index in [-0.39, 0.29) is 6.10 Å². The van der Waals surface area contributed by atoms with Gasteiger partial charge in [0.25, 0.3) is 0 Å². The van der Waals surface area contributed by atoms with Gasteiger partial charge in [-0.1, -0.05) is 12.1 Å². The first kappa shape index (κ1) is 12.4. The topological polar surface area (TPSA) is 50.1 Å². The summed E-state index contributed by atoms with van der Waals surface area (Å²) in [5, 5.41) is 12.7. The van der Waals surface area contributed by atoms with Crippen LogP contribution in [0.25, 0.3) is 5.69 Å². The molecule has 0 radical (unpaired) electrons. The predicted molar refractivity (Wildman–Crippen MR) is 74.0 cm³/mol. The summed E-state index contributed by atoms with van der Waals surface area (Å²) in [5.41, 5.74) is 2.41. The maximum Gasteiger partial charge on any atom is 0.0991 e. The van der Waals surface area contributed by atoms with Gasteiger partial charge in [-0.2, -0.15) is 0 Å². The van der Waals surface area contributed by atoms with E-state index in [9.17, 15) is 5.11 Å². The molecule has 1 saturated carbocycles. The number of benzene rings is 1. The molecule has 3 rings (SSSR count). The van der Waals surface area contributed by atoms with Crippen molar-refractivity contribution in [2.24, 2.45) is 5.92 Å². The molecule has 0 aliphatic heterocycles. The van der Waals surface area contributed by atoms with Gasteiger partial charge >= 0.3 is 0 Å². The van der Waals surface area contributed by atoms with Crippen LogP contribution < -0.4 is 5.32 Å². The summed E-state index contributed by atoms with van der Waals surface area (Å²) in [6.45, 7) is 1.89. The van der Waals surface area contributed by atoms with E-state index < -0.39 is 0 Å². The van der Waals surface area contributed by atoms with Crippen molar-refractivity contribution < 1.29 is 5.11 Å². The molecule has 0 unspecified atom stereocenters. The van der Waals surface area contributed by atoms with Crippen molar-refractivity contribution >= 4 is 0 Å². The van der Waals surface area contributed by atoms with Gasteiger partial charge in [0, 0.05) is 24.6 Å². The summed E-state index contributed by atoms with van der Waals surface area (Å²) in [4.78, 5) is 4.04. The average Bonchev–Trinajstić information content (AvgIpc) is 2.91. The fourth-order valence-corrected chi connectivity index (χ4v) is 2.49. The van der Waals surface area contributed by atoms with Crippen molar-refractivity contribution in [2.45, 2.75) is 25.5 Å². The quantitative estimate of drug-likeness (QED) is 0.857. The Kier molecular flexibility index (Phi) is 3.62. The van der Waals surface area contributed by atoms with Crippen LogP contribution in [0.2, 0.25) is 0 Å². The Hall–Kier alpha value is -1.65. The lowest BCUT2D eigenvalue weighted by molar-refractivity contribution is 0.0430. The number of rotatable bonds is 5. The predicted octanol–water partition coefficient (Wildman–Crippen LogP) is 1.73. The molecule has 1 heterocycles. The van der Waals surface area contributed by atoms with Crippen LogP contribution in [-0.2, 0) is 6.54 Å². The lowest BCUT2D eigenvalue weighted by Crippen LogP contribution is -2.35. The van der Waals surface area contributed by atoms with Gasteiger partial charge in [0.1, 0.15) is 0 Å². The van der Waals surface area contributed by atoms with E-state index in [1.54, 1.807) is 12.5 Å². The summed E-state index contributed by atoms with van der Waals surface area (Å²) in [7, 11) is 0. The van der Waals surface area contributed by atoms with Crippen LogP contribution in [0, 0.1) is 5.92 Å². The highest BCUT2D eigenvalue weighted by atomic mass is 16.3. The van der Waals surface area contributed by atoms with E-state index in [0.717, 1.165) is 31.6 Å². The molecule has 1 aromatic heterocycles. The third kappa shape index (κ3) is 3.03. The Morgan fingerprint density at radius 2 is 2.05 bits per heavy atom. The van der Waals surface area contributed by atoms with Gasteiger partial charge < -0.3 is 15.0 Å². The van der Waals surface area contributed by atoms with Crippen LogP contribution in [0.3, 0.4) is 0 Å². The van der Waals surface area contributed by atoms with Crippen molar-refractivity contribution in [1.82, 2.24) is 14.9 Å². The third-order valence-corrected chi connectivity index (χ3v) is 3.71. The number of hydrogen-bond acceptors (Lipinski definition) is 3. The number of nitrogens with zero attached hydrogens (tertiary/aromatic N) is 2. The monoisotopic (exact) mass is 257 g/mol. The molecule has 0 bridgehead atoms. The number of hydrogen-bond donors (Lipinski definition) is 2. The number of aliphatic hydroxyl groups is 1. The first-order valence-electron chi connectivity index (χ1n) is 6.77. The van der Waals surface area contributed by atoms with Crippen molar-refractivity contribution in [3.8, 4) is 5.69 Å². The van der Waals surface area contributed by atoms with Gasteiger partial charge in [0.05, 0.1) is 12.4 Å². The molecule has 1 aliphatic carbocycles. The summed E-state index contributed by atoms with van der Waals surface area (Å²) in [6.07, 6.45) is 7.37. The maximum atomic E-state index is 9.22. The summed E-state index contributed by atoms with van der Waals surface area (Å²) in [6, 6.07) is 8.48. The van der Waals surface area contributed by atoms with Gasteiger partial charge in [-0.15, -0.1) is 0 Å². The van der Waals surface area contributed by atoms with Gasteiger partial charge in [-0.05, 0) is 43.0 Å². The summed E-state index contributed by atoms with van der Waals surface area (Å²) in [5.74, 6) is 0.653. The van der Waals surface area contributed by atoms with Crippen molar-refractivity contribution in [2.75, 3.05) is 6.54 Å². The largest absolute Gasteiger partial charge is 0.393 e. The second-order valence-electron chi connectivity index (χ2n) is 5.26. The number of nitrogens with one attached hydrogen (secondary N) is 1. The Balaban J connectivity index is 1.49. The smallest absolute Gasteiger partial charge is 0.0991 e. The van der Waals surface area contributed by atoms with E-state index in [2.05, 4.69) is 34.6 Å². The molecule has 100 valence electrons. The van der Waals surface area contributed by atoms with Gasteiger partial charge in [0.2, 0.25) is 0 Å². The lowest BCUT2D eigenvalue weighted by atomic mass is 9.82. The highest BCUT2D eigenvalue weighted by Crippen LogP contribution is 2.26. The molecule has 2 aromatic rings. The molecule has 0 saturated heterocycles. The summed E-state index contributed by atoms with van der Waals surface area (Å²) >= 11 is 0. The molecule has 4 nitrogen and oxygen atoms in total. The van der Waals surface area contributed by atoms with Crippen molar-refractivity contribution in [1.29, 1.82) is 0 Å². The molecule has 0 spiro atoms. The minimum absolute atomic E-state index is 0.0544. The van der Waals surface area contributed by atoms with Gasteiger partial charge in [-0.3, -0.25) is 0 Å². The number of aliphatic hydroxyl groups excluding tert-OH is 1. The van der Waals surface area contributed by atoms with Crippen LogP contribution in [0.4, 0.5) is 0 Å². The Morgan fingerprint density at radius 1 is 1.26 bits per heavy atom. The van der Waals surface area contributed by atoms with E-state index in [4.69, 9.17) is 0 Å². The van der Waals surface area contributed by atoms with Crippen molar-refractivity contribution in [3.05, 3.63) is 48.5 Å². The summed E-state index contributed by atoms with van der Waals surface area (Å²) < 4.78 is 1.99. The zero-order valence-electron chi connectivity index (χ0n) is 10.9. The van der Waals surface area contributed by atoms with Gasteiger partial charge in [-0.25, -0.2) is 4.98 Å². The van der Waals surface area contributed by atoms with Crippen LogP contribution in [0.1, 0.15) is 18.4 Å². The lowest BCUT2D eigenvalue weighted by Gasteiger charge is -2.31. The Labute approximate surface area is 113 Å². The first-order chi connectivity index (χ1) is 9.31. The molecule has 2 N–H and O–H groups in total. The molecule has 19 heavy (non-hydrogen) atoms. The maximum absolute atomic E-state index is 9.22. The second kappa shape index (κ2) is 5.55. The molecule has 0 amide bonds. The molecule has 4 heteroatoms. The standard InChI is InChI=1S/C15H19N3O/c19-15-7-13(8-15)10-17-9-12-1-3-14(4-2-12)18-6-5-16-11-18/h1-6,11,13,15,17,19H,7-10H2. The Bertz CT molecular complexity index is 501. The van der Waals surface area contributed by atoms with Crippen molar-refractivity contribution in [3.63, 3.8) is 0 Å². The van der Waals surface area contributed by atoms with Crippen LogP contribution >= 0.6 is 0 Å². The minimum atomic E-state index is -0.0544. The first-order valence-corrected chi connectivity index (χ1v) is 6.77. The van der Waals surface area contributed by atoms with E-state index >= 15 is 0 Å². The van der Waals surface area contributed by atoms with E-state index in [1.807, 2.05) is 10.8 Å². The molecule has 1 aliphatic rings. The molecule has 1 fully saturated rings. The number of aromatic nitrogens is 2. The second-order valence-corrected chi connectivity index (χ2v) is 5.26. The third-order valence-electron chi connectivity index (χ3n) is 3.71. The fourth-order valence-electron chi connectivity index (χ4n) is 2.49. The van der Waals surface area contributed by atoms with Crippen LogP contribution in [0.15, 0.2) is 43.0 Å². The minimum Gasteiger partial charge on any atom is -0.393 e. The van der Waals surface area contributed by atoms with Gasteiger partial charge in [0.15, 0.2) is 0 Å². The highest BCUT2D eigenvalue weighted by molar-refractivity contribution is 5.34. The number of imidazole rings is 1. The highest BCUT2D eigenvalue weighted by Gasteiger charge is 2.26. The average molecular weight is 257 g/mol. The molecular weight excluding hydrogens is 238 g/mol. The Morgan fingerprint density at radius 3 is 2.68 bits per heavy atom. The SMILES string of the molecule is OC1CC(CNCc2ccc(-n3ccnc3)cc2)C1. The van der Waals surface area contributed by atoms with E-state index in [1.165, 1.54) is 5.56 Å².